The Kier molecular flexibility index (Phi) is 40.8. The van der Waals surface area contributed by atoms with Gasteiger partial charge in [0.1, 0.15) is 0 Å². The molecule has 0 rings (SSSR count). The normalized spacial score (nSPS) is 8.69. The first-order valence-corrected chi connectivity index (χ1v) is 11.2. The first-order chi connectivity index (χ1) is 12.3. The standard InChI is InChI=1S/3C6H12O2.ClH.Ti/c3*1-2-3-4-5-6(7)8;;/h3*2-5H2,1H3,(H,7,8);1H;/q;;;;+4/p-4. The van der Waals surface area contributed by atoms with Crippen molar-refractivity contribution in [2.75, 3.05) is 0 Å². The number of aliphatic carboxylic acids is 3. The molecule has 0 amide bonds. The minimum absolute atomic E-state index is 0.216. The zero-order valence-electron chi connectivity index (χ0n) is 16.3. The molecule has 0 atom stereocenters. The van der Waals surface area contributed by atoms with Crippen molar-refractivity contribution in [1.29, 1.82) is 0 Å². The molecular formula is C18H33ClO6Ti. The molecule has 26 heavy (non-hydrogen) atoms. The van der Waals surface area contributed by atoms with Gasteiger partial charge in [-0.3, -0.25) is 0 Å². The second-order valence-electron chi connectivity index (χ2n) is 5.49. The third kappa shape index (κ3) is 56.6. The monoisotopic (exact) mass is 428 g/mol. The average molecular weight is 429 g/mol. The van der Waals surface area contributed by atoms with Gasteiger partial charge in [-0.1, -0.05) is 59.3 Å². The Bertz CT molecular complexity index is 267. The number of hydrogen-bond donors (Lipinski definition) is 0. The number of halogens is 1. The molecular weight excluding hydrogens is 396 g/mol. The van der Waals surface area contributed by atoms with Crippen LogP contribution in [0.25, 0.3) is 0 Å². The van der Waals surface area contributed by atoms with Crippen molar-refractivity contribution in [3.05, 3.63) is 0 Å². The quantitative estimate of drug-likeness (QED) is 0.344. The van der Waals surface area contributed by atoms with E-state index in [1.54, 1.807) is 0 Å². The van der Waals surface area contributed by atoms with Gasteiger partial charge >= 0.3 is 28.7 Å². The van der Waals surface area contributed by atoms with Crippen molar-refractivity contribution in [3.8, 4) is 0 Å². The topological polar surface area (TPSA) is 120 Å². The summed E-state index contributed by atoms with van der Waals surface area (Å²) in [5.41, 5.74) is 0. The molecule has 0 aromatic heterocycles. The number of carboxylic acids is 3. The summed E-state index contributed by atoms with van der Waals surface area (Å²) in [5, 5.41) is 29.3. The molecule has 0 heterocycles. The molecule has 0 radical (unpaired) electrons. The van der Waals surface area contributed by atoms with E-state index in [0.717, 1.165) is 57.8 Å². The fourth-order valence-electron chi connectivity index (χ4n) is 1.56. The molecule has 6 nitrogen and oxygen atoms in total. The molecule has 0 aliphatic carbocycles. The number of unbranched alkanes of at least 4 members (excludes halogenated alkanes) is 6. The van der Waals surface area contributed by atoms with Crippen LogP contribution in [0.1, 0.15) is 97.8 Å². The van der Waals surface area contributed by atoms with E-state index in [1.165, 1.54) is 19.4 Å². The molecule has 0 saturated carbocycles. The molecule has 0 N–H and O–H groups in total. The van der Waals surface area contributed by atoms with Gasteiger partial charge in [0.25, 0.3) is 0 Å². The summed E-state index contributed by atoms with van der Waals surface area (Å²) in [6.45, 7) is 6.11. The number of rotatable bonds is 12. The number of hydrogen-bond acceptors (Lipinski definition) is 6. The Morgan fingerprint density at radius 2 is 0.769 bits per heavy atom. The van der Waals surface area contributed by atoms with Gasteiger partial charge in [-0.05, 0) is 38.5 Å². The van der Waals surface area contributed by atoms with Crippen LogP contribution in [0.15, 0.2) is 0 Å². The van der Waals surface area contributed by atoms with Crippen molar-refractivity contribution >= 4 is 27.2 Å². The number of carbonyl (C=O) groups excluding carboxylic acids is 3. The van der Waals surface area contributed by atoms with E-state index in [-0.39, 0.29) is 19.3 Å². The maximum absolute atomic E-state index is 9.76. The van der Waals surface area contributed by atoms with Crippen LogP contribution in [-0.4, -0.2) is 17.9 Å². The van der Waals surface area contributed by atoms with Gasteiger partial charge in [0.15, 0.2) is 0 Å². The van der Waals surface area contributed by atoms with Crippen LogP contribution in [0, 0.1) is 0 Å². The molecule has 0 aromatic carbocycles. The first-order valence-electron chi connectivity index (χ1n) is 9.10. The predicted molar refractivity (Wildman–Crippen MR) is 93.3 cm³/mol. The van der Waals surface area contributed by atoms with Gasteiger partial charge in [-0.25, -0.2) is 0 Å². The summed E-state index contributed by atoms with van der Waals surface area (Å²) < 4.78 is 0. The molecule has 0 fully saturated rings. The molecule has 0 bridgehead atoms. The van der Waals surface area contributed by atoms with E-state index >= 15 is 0 Å². The maximum atomic E-state index is 9.76. The van der Waals surface area contributed by atoms with E-state index in [4.69, 9.17) is 0 Å². The molecule has 0 spiro atoms. The van der Waals surface area contributed by atoms with Crippen LogP contribution in [0.4, 0.5) is 0 Å². The van der Waals surface area contributed by atoms with Crippen molar-refractivity contribution in [2.45, 2.75) is 97.8 Å². The average Bonchev–Trinajstić information content (AvgIpc) is 2.58. The molecule has 0 aromatic rings. The van der Waals surface area contributed by atoms with Crippen LogP contribution in [-0.2, 0) is 33.8 Å². The number of carboxylic acid groups (broad SMARTS) is 3. The van der Waals surface area contributed by atoms with Crippen molar-refractivity contribution in [1.82, 2.24) is 0 Å². The molecule has 152 valence electrons. The zero-order valence-corrected chi connectivity index (χ0v) is 18.6. The second-order valence-corrected chi connectivity index (χ2v) is 5.49. The predicted octanol–water partition coefficient (Wildman–Crippen LogP) is 1.64. The summed E-state index contributed by atoms with van der Waals surface area (Å²) >= 11 is 1.47. The molecule has 0 aliphatic rings. The summed E-state index contributed by atoms with van der Waals surface area (Å²) in [5.74, 6) is -2.80. The Morgan fingerprint density at radius 3 is 0.885 bits per heavy atom. The minimum atomic E-state index is -0.932. The van der Waals surface area contributed by atoms with E-state index < -0.39 is 17.9 Å². The fraction of sp³-hybridized carbons (Fsp3) is 0.833. The van der Waals surface area contributed by atoms with Gasteiger partial charge in [0.2, 0.25) is 0 Å². The van der Waals surface area contributed by atoms with Crippen molar-refractivity contribution in [3.63, 3.8) is 0 Å². The van der Waals surface area contributed by atoms with Crippen molar-refractivity contribution in [2.24, 2.45) is 0 Å². The van der Waals surface area contributed by atoms with Gasteiger partial charge in [0.05, 0.1) is 0 Å². The van der Waals surface area contributed by atoms with Crippen LogP contribution in [0.2, 0.25) is 0 Å². The Balaban J connectivity index is -0.000000133. The molecule has 8 heteroatoms. The van der Waals surface area contributed by atoms with Gasteiger partial charge in [0, 0.05) is 17.9 Å². The summed E-state index contributed by atoms with van der Waals surface area (Å²) in [4.78, 5) is 29.3. The van der Waals surface area contributed by atoms with Gasteiger partial charge in [-0.15, -0.1) is 0 Å². The van der Waals surface area contributed by atoms with Crippen LogP contribution < -0.4 is 15.3 Å². The van der Waals surface area contributed by atoms with Crippen molar-refractivity contribution < 1.29 is 49.1 Å². The third-order valence-corrected chi connectivity index (χ3v) is 2.95. The van der Waals surface area contributed by atoms with Gasteiger partial charge in [-0.2, -0.15) is 0 Å². The third-order valence-electron chi connectivity index (χ3n) is 2.95. The van der Waals surface area contributed by atoms with E-state index in [0.29, 0.717) is 0 Å². The summed E-state index contributed by atoms with van der Waals surface area (Å²) in [6.07, 6.45) is 9.11. The Hall–Kier alpha value is -0.586. The first kappa shape index (κ1) is 33.0. The van der Waals surface area contributed by atoms with E-state index in [1.807, 2.05) is 20.8 Å². The second kappa shape index (κ2) is 32.1. The molecule has 0 unspecified atom stereocenters. The van der Waals surface area contributed by atoms with Crippen LogP contribution in [0.3, 0.4) is 0 Å². The Labute approximate surface area is 174 Å². The van der Waals surface area contributed by atoms with Crippen LogP contribution >= 0.6 is 9.30 Å². The number of carbonyl (C=O) groups is 3. The Morgan fingerprint density at radius 1 is 0.577 bits per heavy atom. The van der Waals surface area contributed by atoms with Crippen LogP contribution in [0.5, 0.6) is 0 Å². The van der Waals surface area contributed by atoms with E-state index in [2.05, 4.69) is 9.30 Å². The zero-order chi connectivity index (χ0) is 21.2. The van der Waals surface area contributed by atoms with Gasteiger partial charge < -0.3 is 29.7 Å². The molecule has 0 saturated heterocycles. The SMILES string of the molecule is CCCCCC(=O)[O-].CCCCCC(=O)[O-].CCCCCC(=O)[O-].[Cl][Ti+3]. The molecule has 0 aliphatic heterocycles. The summed E-state index contributed by atoms with van der Waals surface area (Å²) in [6, 6.07) is 0. The van der Waals surface area contributed by atoms with E-state index in [9.17, 15) is 29.7 Å². The summed E-state index contributed by atoms with van der Waals surface area (Å²) in [7, 11) is 4.64. The fourth-order valence-corrected chi connectivity index (χ4v) is 1.56.